The number of ether oxygens (including phenoxy) is 3. The number of carbonyl (C=O) groups excluding carboxylic acids is 1. The summed E-state index contributed by atoms with van der Waals surface area (Å²) in [5.74, 6) is -0.418. The molecule has 1 N–H and O–H groups in total. The number of aliphatic hydroxyl groups is 1. The lowest BCUT2D eigenvalue weighted by molar-refractivity contribution is -0.167. The van der Waals surface area contributed by atoms with Crippen LogP contribution in [0.4, 0.5) is 0 Å². The van der Waals surface area contributed by atoms with E-state index >= 15 is 0 Å². The van der Waals surface area contributed by atoms with Crippen LogP contribution >= 0.6 is 0 Å². The van der Waals surface area contributed by atoms with Gasteiger partial charge in [0.2, 0.25) is 0 Å². The standard InChI is InChI=1S/C15H22O5/c1-12(16)19-11-18-10-14(17)15(2,3)20-9-13-7-5-4-6-8-13/h4-8,14,17H,9-11H2,1-3H3. The Morgan fingerprint density at radius 2 is 1.95 bits per heavy atom. The van der Waals surface area contributed by atoms with Gasteiger partial charge in [0.25, 0.3) is 0 Å². The Morgan fingerprint density at radius 1 is 1.30 bits per heavy atom. The molecule has 0 fully saturated rings. The second-order valence-electron chi connectivity index (χ2n) is 5.02. The van der Waals surface area contributed by atoms with E-state index in [1.807, 2.05) is 30.3 Å². The molecule has 112 valence electrons. The highest BCUT2D eigenvalue weighted by Gasteiger charge is 2.29. The van der Waals surface area contributed by atoms with E-state index < -0.39 is 17.7 Å². The van der Waals surface area contributed by atoms with Crippen LogP contribution in [0, 0.1) is 0 Å². The van der Waals surface area contributed by atoms with Crippen LogP contribution in [-0.4, -0.2) is 36.2 Å². The van der Waals surface area contributed by atoms with Gasteiger partial charge < -0.3 is 19.3 Å². The highest BCUT2D eigenvalue weighted by molar-refractivity contribution is 5.65. The third-order valence-electron chi connectivity index (χ3n) is 2.88. The van der Waals surface area contributed by atoms with Crippen molar-refractivity contribution in [1.29, 1.82) is 0 Å². The summed E-state index contributed by atoms with van der Waals surface area (Å²) >= 11 is 0. The van der Waals surface area contributed by atoms with Crippen molar-refractivity contribution >= 4 is 5.97 Å². The number of aliphatic hydroxyl groups excluding tert-OH is 1. The number of hydrogen-bond acceptors (Lipinski definition) is 5. The molecule has 0 bridgehead atoms. The van der Waals surface area contributed by atoms with Gasteiger partial charge in [0.05, 0.1) is 18.8 Å². The van der Waals surface area contributed by atoms with E-state index in [2.05, 4.69) is 4.74 Å². The summed E-state index contributed by atoms with van der Waals surface area (Å²) in [5.41, 5.74) is 0.278. The van der Waals surface area contributed by atoms with Gasteiger partial charge in [-0.25, -0.2) is 0 Å². The van der Waals surface area contributed by atoms with Gasteiger partial charge >= 0.3 is 5.97 Å². The highest BCUT2D eigenvalue weighted by atomic mass is 16.7. The molecule has 0 radical (unpaired) electrons. The summed E-state index contributed by atoms with van der Waals surface area (Å²) in [5, 5.41) is 10.0. The van der Waals surface area contributed by atoms with Crippen molar-refractivity contribution in [2.24, 2.45) is 0 Å². The van der Waals surface area contributed by atoms with E-state index in [1.54, 1.807) is 13.8 Å². The number of rotatable bonds is 8. The van der Waals surface area contributed by atoms with Gasteiger partial charge in [0, 0.05) is 6.92 Å². The fraction of sp³-hybridized carbons (Fsp3) is 0.533. The van der Waals surface area contributed by atoms with E-state index in [1.165, 1.54) is 6.92 Å². The van der Waals surface area contributed by atoms with Crippen LogP contribution in [0.2, 0.25) is 0 Å². The second-order valence-corrected chi connectivity index (χ2v) is 5.02. The van der Waals surface area contributed by atoms with Crippen molar-refractivity contribution in [3.63, 3.8) is 0 Å². The van der Waals surface area contributed by atoms with Crippen molar-refractivity contribution < 1.29 is 24.1 Å². The van der Waals surface area contributed by atoms with Crippen molar-refractivity contribution in [3.8, 4) is 0 Å². The maximum absolute atomic E-state index is 10.6. The smallest absolute Gasteiger partial charge is 0.304 e. The van der Waals surface area contributed by atoms with Gasteiger partial charge in [-0.2, -0.15) is 0 Å². The first-order chi connectivity index (χ1) is 9.42. The minimum Gasteiger partial charge on any atom is -0.439 e. The molecule has 1 aromatic rings. The predicted molar refractivity (Wildman–Crippen MR) is 73.9 cm³/mol. The minimum absolute atomic E-state index is 0.0368. The minimum atomic E-state index is -0.818. The topological polar surface area (TPSA) is 65.0 Å². The normalized spacial score (nSPS) is 13.0. The number of hydrogen-bond donors (Lipinski definition) is 1. The first kappa shape index (κ1) is 16.6. The molecule has 1 unspecified atom stereocenters. The van der Waals surface area contributed by atoms with E-state index in [-0.39, 0.29) is 13.4 Å². The third kappa shape index (κ3) is 6.14. The Balaban J connectivity index is 2.33. The quantitative estimate of drug-likeness (QED) is 0.448. The SMILES string of the molecule is CC(=O)OCOCC(O)C(C)(C)OCc1ccccc1. The van der Waals surface area contributed by atoms with Crippen molar-refractivity contribution in [3.05, 3.63) is 35.9 Å². The molecule has 1 aromatic carbocycles. The van der Waals surface area contributed by atoms with Crippen molar-refractivity contribution in [2.75, 3.05) is 13.4 Å². The first-order valence-corrected chi connectivity index (χ1v) is 6.49. The second kappa shape index (κ2) is 7.99. The average molecular weight is 282 g/mol. The van der Waals surface area contributed by atoms with Crippen LogP contribution in [0.5, 0.6) is 0 Å². The largest absolute Gasteiger partial charge is 0.439 e. The predicted octanol–water partition coefficient (Wildman–Crippen LogP) is 1.88. The van der Waals surface area contributed by atoms with Crippen LogP contribution in [0.3, 0.4) is 0 Å². The Kier molecular flexibility index (Phi) is 6.64. The first-order valence-electron chi connectivity index (χ1n) is 6.49. The fourth-order valence-electron chi connectivity index (χ4n) is 1.42. The third-order valence-corrected chi connectivity index (χ3v) is 2.88. The van der Waals surface area contributed by atoms with E-state index in [0.717, 1.165) is 5.56 Å². The van der Waals surface area contributed by atoms with Gasteiger partial charge in [0.15, 0.2) is 6.79 Å². The van der Waals surface area contributed by atoms with E-state index in [4.69, 9.17) is 9.47 Å². The highest BCUT2D eigenvalue weighted by Crippen LogP contribution is 2.18. The fourth-order valence-corrected chi connectivity index (χ4v) is 1.42. The molecular weight excluding hydrogens is 260 g/mol. The summed E-state index contributed by atoms with van der Waals surface area (Å²) in [6, 6.07) is 9.72. The maximum Gasteiger partial charge on any atom is 0.304 e. The molecule has 0 spiro atoms. The van der Waals surface area contributed by atoms with Gasteiger partial charge in [-0.1, -0.05) is 30.3 Å². The van der Waals surface area contributed by atoms with Gasteiger partial charge in [-0.15, -0.1) is 0 Å². The lowest BCUT2D eigenvalue weighted by Crippen LogP contribution is -2.42. The zero-order chi connectivity index (χ0) is 15.0. The summed E-state index contributed by atoms with van der Waals surface area (Å²) in [6.45, 7) is 5.16. The van der Waals surface area contributed by atoms with Crippen LogP contribution in [0.15, 0.2) is 30.3 Å². The number of esters is 1. The van der Waals surface area contributed by atoms with Crippen molar-refractivity contribution in [2.45, 2.75) is 39.1 Å². The summed E-state index contributed by atoms with van der Waals surface area (Å²) < 4.78 is 15.4. The Labute approximate surface area is 119 Å². The molecule has 5 heteroatoms. The summed E-state index contributed by atoms with van der Waals surface area (Å²) in [7, 11) is 0. The van der Waals surface area contributed by atoms with Crippen LogP contribution in [0.25, 0.3) is 0 Å². The zero-order valence-corrected chi connectivity index (χ0v) is 12.2. The molecule has 1 rings (SSSR count). The molecule has 0 aliphatic heterocycles. The van der Waals surface area contributed by atoms with Gasteiger partial charge in [-0.3, -0.25) is 4.79 Å². The average Bonchev–Trinajstić information content (AvgIpc) is 2.42. The van der Waals surface area contributed by atoms with Gasteiger partial charge in [-0.05, 0) is 19.4 Å². The molecule has 0 aliphatic rings. The monoisotopic (exact) mass is 282 g/mol. The Bertz CT molecular complexity index is 402. The molecule has 20 heavy (non-hydrogen) atoms. The van der Waals surface area contributed by atoms with Crippen LogP contribution < -0.4 is 0 Å². The lowest BCUT2D eigenvalue weighted by atomic mass is 10.0. The number of carbonyl (C=O) groups is 1. The Morgan fingerprint density at radius 3 is 2.55 bits per heavy atom. The molecule has 5 nitrogen and oxygen atoms in total. The van der Waals surface area contributed by atoms with Crippen molar-refractivity contribution in [1.82, 2.24) is 0 Å². The molecule has 0 saturated carbocycles. The molecule has 0 aromatic heterocycles. The lowest BCUT2D eigenvalue weighted by Gasteiger charge is -2.30. The summed E-state index contributed by atoms with van der Waals surface area (Å²) in [4.78, 5) is 10.6. The summed E-state index contributed by atoms with van der Waals surface area (Å²) in [6.07, 6.45) is -0.818. The molecule has 0 aliphatic carbocycles. The van der Waals surface area contributed by atoms with Crippen LogP contribution in [-0.2, 0) is 25.6 Å². The molecule has 0 saturated heterocycles. The van der Waals surface area contributed by atoms with Gasteiger partial charge in [0.1, 0.15) is 6.10 Å². The molecular formula is C15H22O5. The van der Waals surface area contributed by atoms with E-state index in [9.17, 15) is 9.90 Å². The Hall–Kier alpha value is -1.43. The molecule has 0 amide bonds. The van der Waals surface area contributed by atoms with E-state index in [0.29, 0.717) is 6.61 Å². The molecule has 0 heterocycles. The van der Waals surface area contributed by atoms with Crippen LogP contribution in [0.1, 0.15) is 26.3 Å². The maximum atomic E-state index is 10.6. The number of benzene rings is 1. The molecule has 1 atom stereocenters. The zero-order valence-electron chi connectivity index (χ0n) is 12.2.